The van der Waals surface area contributed by atoms with Gasteiger partial charge in [0.2, 0.25) is 5.91 Å². The maximum absolute atomic E-state index is 12.5. The number of carbonyl (C=O) groups excluding carboxylic acids is 1. The van der Waals surface area contributed by atoms with Gasteiger partial charge in [-0.15, -0.1) is 0 Å². The molecular weight excluding hydrogens is 256 g/mol. The number of rotatable bonds is 6. The third-order valence-corrected chi connectivity index (χ3v) is 4.79. The lowest BCUT2D eigenvalue weighted by molar-refractivity contribution is -0.135. The Kier molecular flexibility index (Phi) is 6.76. The molecule has 19 heavy (non-hydrogen) atoms. The lowest BCUT2D eigenvalue weighted by atomic mass is 9.83. The zero-order chi connectivity index (χ0) is 14.4. The van der Waals surface area contributed by atoms with E-state index >= 15 is 0 Å². The normalized spacial score (nSPS) is 24.8. The van der Waals surface area contributed by atoms with Gasteiger partial charge >= 0.3 is 0 Å². The summed E-state index contributed by atoms with van der Waals surface area (Å²) in [7, 11) is 1.92. The molecule has 1 unspecified atom stereocenters. The Labute approximate surface area is 122 Å². The minimum atomic E-state index is -0.270. The molecule has 0 saturated heterocycles. The van der Waals surface area contributed by atoms with Gasteiger partial charge in [-0.1, -0.05) is 38.9 Å². The molecule has 1 rings (SSSR count). The summed E-state index contributed by atoms with van der Waals surface area (Å²) in [6.45, 7) is 4.31. The topological polar surface area (TPSA) is 46.3 Å². The van der Waals surface area contributed by atoms with E-state index < -0.39 is 0 Å². The molecule has 3 nitrogen and oxygen atoms in total. The maximum Gasteiger partial charge on any atom is 0.232 e. The van der Waals surface area contributed by atoms with E-state index in [1.165, 1.54) is 19.3 Å². The van der Waals surface area contributed by atoms with Crippen molar-refractivity contribution in [1.82, 2.24) is 4.90 Å². The van der Waals surface area contributed by atoms with Crippen molar-refractivity contribution >= 4 is 23.1 Å². The number of amides is 1. The third kappa shape index (κ3) is 4.44. The third-order valence-electron chi connectivity index (χ3n) is 4.51. The summed E-state index contributed by atoms with van der Waals surface area (Å²) in [6, 6.07) is 0.379. The Hall–Kier alpha value is -0.640. The molecule has 110 valence electrons. The highest BCUT2D eigenvalue weighted by atomic mass is 32.1. The summed E-state index contributed by atoms with van der Waals surface area (Å²) < 4.78 is 0. The van der Waals surface area contributed by atoms with E-state index in [-0.39, 0.29) is 11.8 Å². The molecule has 2 N–H and O–H groups in total. The van der Waals surface area contributed by atoms with Crippen molar-refractivity contribution in [2.24, 2.45) is 17.6 Å². The van der Waals surface area contributed by atoms with Crippen molar-refractivity contribution < 1.29 is 4.79 Å². The first-order chi connectivity index (χ1) is 9.01. The van der Waals surface area contributed by atoms with Crippen LogP contribution in [0.4, 0.5) is 0 Å². The summed E-state index contributed by atoms with van der Waals surface area (Å²) >= 11 is 5.05. The standard InChI is InChI=1S/C15H28N2OS/c1-4-6-13(14(16)19)15(18)17(3)12-9-7-11(5-2)8-10-12/h11-13H,4-10H2,1-3H3,(H2,16,19). The molecule has 1 amide bonds. The molecule has 1 aliphatic carbocycles. The molecule has 0 aliphatic heterocycles. The highest BCUT2D eigenvalue weighted by Gasteiger charge is 2.30. The van der Waals surface area contributed by atoms with E-state index in [9.17, 15) is 4.79 Å². The monoisotopic (exact) mass is 284 g/mol. The quantitative estimate of drug-likeness (QED) is 0.762. The van der Waals surface area contributed by atoms with E-state index in [0.717, 1.165) is 31.6 Å². The Balaban J connectivity index is 2.58. The summed E-state index contributed by atoms with van der Waals surface area (Å²) in [5, 5.41) is 0. The lowest BCUT2D eigenvalue weighted by Gasteiger charge is -2.36. The fraction of sp³-hybridized carbons (Fsp3) is 0.867. The van der Waals surface area contributed by atoms with Gasteiger partial charge in [-0.25, -0.2) is 0 Å². The van der Waals surface area contributed by atoms with Crippen molar-refractivity contribution in [3.63, 3.8) is 0 Å². The predicted molar refractivity (Wildman–Crippen MR) is 84.0 cm³/mol. The first kappa shape index (κ1) is 16.4. The molecule has 0 radical (unpaired) electrons. The molecular formula is C15H28N2OS. The van der Waals surface area contributed by atoms with Gasteiger partial charge < -0.3 is 10.6 Å². The van der Waals surface area contributed by atoms with E-state index in [4.69, 9.17) is 18.0 Å². The van der Waals surface area contributed by atoms with Gasteiger partial charge in [-0.2, -0.15) is 0 Å². The van der Waals surface area contributed by atoms with Crippen LogP contribution in [-0.2, 0) is 4.79 Å². The molecule has 1 fully saturated rings. The van der Waals surface area contributed by atoms with Crippen LogP contribution in [0.15, 0.2) is 0 Å². The maximum atomic E-state index is 12.5. The Morgan fingerprint density at radius 2 is 1.89 bits per heavy atom. The number of hydrogen-bond acceptors (Lipinski definition) is 2. The van der Waals surface area contributed by atoms with Gasteiger partial charge in [0.05, 0.1) is 10.9 Å². The van der Waals surface area contributed by atoms with Crippen molar-refractivity contribution in [1.29, 1.82) is 0 Å². The van der Waals surface area contributed by atoms with Gasteiger partial charge in [0.15, 0.2) is 0 Å². The minimum absolute atomic E-state index is 0.120. The Morgan fingerprint density at radius 3 is 2.32 bits per heavy atom. The van der Waals surface area contributed by atoms with Gasteiger partial charge in [-0.05, 0) is 38.0 Å². The van der Waals surface area contributed by atoms with E-state index in [2.05, 4.69) is 13.8 Å². The fourth-order valence-electron chi connectivity index (χ4n) is 3.04. The van der Waals surface area contributed by atoms with Gasteiger partial charge in [0.25, 0.3) is 0 Å². The minimum Gasteiger partial charge on any atom is -0.393 e. The van der Waals surface area contributed by atoms with Gasteiger partial charge in [-0.3, -0.25) is 4.79 Å². The molecule has 4 heteroatoms. The SMILES string of the molecule is CCCC(C(=O)N(C)C1CCC(CC)CC1)C(N)=S. The van der Waals surface area contributed by atoms with Crippen molar-refractivity contribution in [2.45, 2.75) is 64.8 Å². The van der Waals surface area contributed by atoms with Crippen LogP contribution >= 0.6 is 12.2 Å². The molecule has 0 aromatic carbocycles. The van der Waals surface area contributed by atoms with Crippen LogP contribution in [0.25, 0.3) is 0 Å². The average molecular weight is 284 g/mol. The summed E-state index contributed by atoms with van der Waals surface area (Å²) in [5.41, 5.74) is 5.72. The number of hydrogen-bond donors (Lipinski definition) is 1. The second-order valence-corrected chi connectivity index (χ2v) is 6.25. The zero-order valence-electron chi connectivity index (χ0n) is 12.5. The van der Waals surface area contributed by atoms with Gasteiger partial charge in [0.1, 0.15) is 0 Å². The molecule has 0 heterocycles. The fourth-order valence-corrected chi connectivity index (χ4v) is 3.26. The van der Waals surface area contributed by atoms with E-state index in [0.29, 0.717) is 11.0 Å². The molecule has 1 saturated carbocycles. The van der Waals surface area contributed by atoms with E-state index in [1.807, 2.05) is 11.9 Å². The van der Waals surface area contributed by atoms with Crippen LogP contribution in [0.1, 0.15) is 58.8 Å². The number of nitrogens with two attached hydrogens (primary N) is 1. The molecule has 1 aliphatic rings. The summed E-state index contributed by atoms with van der Waals surface area (Å²) in [4.78, 5) is 14.7. The number of nitrogens with zero attached hydrogens (tertiary/aromatic N) is 1. The molecule has 0 aromatic heterocycles. The largest absolute Gasteiger partial charge is 0.393 e. The van der Waals surface area contributed by atoms with Crippen LogP contribution in [0.3, 0.4) is 0 Å². The molecule has 0 aromatic rings. The van der Waals surface area contributed by atoms with E-state index in [1.54, 1.807) is 0 Å². The summed E-state index contributed by atoms with van der Waals surface area (Å²) in [6.07, 6.45) is 7.69. The van der Waals surface area contributed by atoms with Crippen LogP contribution in [0, 0.1) is 11.8 Å². The van der Waals surface area contributed by atoms with Crippen molar-refractivity contribution in [3.05, 3.63) is 0 Å². The van der Waals surface area contributed by atoms with Crippen molar-refractivity contribution in [2.75, 3.05) is 7.05 Å². The highest BCUT2D eigenvalue weighted by molar-refractivity contribution is 7.80. The number of thiocarbonyl (C=S) groups is 1. The molecule has 1 atom stereocenters. The molecule has 0 spiro atoms. The molecule has 0 bridgehead atoms. The van der Waals surface area contributed by atoms with Gasteiger partial charge in [0, 0.05) is 13.1 Å². The lowest BCUT2D eigenvalue weighted by Crippen LogP contribution is -2.45. The van der Waals surface area contributed by atoms with Crippen LogP contribution < -0.4 is 5.73 Å². The zero-order valence-corrected chi connectivity index (χ0v) is 13.3. The second kappa shape index (κ2) is 7.83. The first-order valence-corrected chi connectivity index (χ1v) is 7.98. The van der Waals surface area contributed by atoms with Crippen LogP contribution in [0.2, 0.25) is 0 Å². The van der Waals surface area contributed by atoms with Crippen LogP contribution in [0.5, 0.6) is 0 Å². The second-order valence-electron chi connectivity index (χ2n) is 5.78. The number of carbonyl (C=O) groups is 1. The first-order valence-electron chi connectivity index (χ1n) is 7.57. The van der Waals surface area contributed by atoms with Crippen LogP contribution in [-0.4, -0.2) is 28.9 Å². The Bertz CT molecular complexity index is 311. The summed E-state index contributed by atoms with van der Waals surface area (Å²) in [5.74, 6) is 0.699. The highest BCUT2D eigenvalue weighted by Crippen LogP contribution is 2.29. The van der Waals surface area contributed by atoms with Crippen molar-refractivity contribution in [3.8, 4) is 0 Å². The predicted octanol–water partition coefficient (Wildman–Crippen LogP) is 3.12. The Morgan fingerprint density at radius 1 is 1.32 bits per heavy atom. The smallest absolute Gasteiger partial charge is 0.232 e. The average Bonchev–Trinajstić information content (AvgIpc) is 2.43.